The molecule has 3 aromatic rings. The van der Waals surface area contributed by atoms with Crippen LogP contribution in [0.3, 0.4) is 0 Å². The van der Waals surface area contributed by atoms with E-state index in [1.807, 2.05) is 13.0 Å². The van der Waals surface area contributed by atoms with Gasteiger partial charge in [-0.3, -0.25) is 0 Å². The van der Waals surface area contributed by atoms with Crippen LogP contribution in [0.4, 0.5) is 11.6 Å². The van der Waals surface area contributed by atoms with E-state index < -0.39 is 0 Å². The first kappa shape index (κ1) is 19.1. The molecule has 0 amide bonds. The van der Waals surface area contributed by atoms with Crippen molar-refractivity contribution in [2.24, 2.45) is 0 Å². The van der Waals surface area contributed by atoms with Crippen molar-refractivity contribution >= 4 is 11.6 Å². The molecule has 0 saturated heterocycles. The molecule has 7 heteroatoms. The molecule has 1 aromatic carbocycles. The third-order valence-corrected chi connectivity index (χ3v) is 5.36. The summed E-state index contributed by atoms with van der Waals surface area (Å²) < 4.78 is 5.85. The van der Waals surface area contributed by atoms with E-state index in [1.165, 1.54) is 16.7 Å². The predicted octanol–water partition coefficient (Wildman–Crippen LogP) is 2.89. The molecule has 0 radical (unpaired) electrons. The van der Waals surface area contributed by atoms with Gasteiger partial charge in [-0.1, -0.05) is 0 Å². The summed E-state index contributed by atoms with van der Waals surface area (Å²) in [6, 6.07) is 6.32. The maximum atomic E-state index is 6.00. The van der Waals surface area contributed by atoms with Crippen molar-refractivity contribution in [3.63, 3.8) is 0 Å². The normalized spacial score (nSPS) is 13.9. The van der Waals surface area contributed by atoms with Crippen molar-refractivity contribution in [2.75, 3.05) is 25.1 Å². The zero-order valence-electron chi connectivity index (χ0n) is 17.1. The third kappa shape index (κ3) is 4.00. The van der Waals surface area contributed by atoms with Crippen molar-refractivity contribution < 1.29 is 4.74 Å². The molecule has 29 heavy (non-hydrogen) atoms. The van der Waals surface area contributed by atoms with E-state index in [4.69, 9.17) is 16.2 Å². The SMILES string of the molecule is Cc1cc(COc2nc(-c3cc(C)c4c(c3)CN(C)CC4)cnc2N)cnc1N. The van der Waals surface area contributed by atoms with Crippen LogP contribution in [-0.2, 0) is 19.6 Å². The van der Waals surface area contributed by atoms with Crippen molar-refractivity contribution in [1.29, 1.82) is 0 Å². The number of nitrogens with zero attached hydrogens (tertiary/aromatic N) is 4. The average molecular weight is 390 g/mol. The largest absolute Gasteiger partial charge is 0.470 e. The van der Waals surface area contributed by atoms with Crippen LogP contribution in [-0.4, -0.2) is 33.4 Å². The first-order chi connectivity index (χ1) is 13.9. The molecule has 2 aromatic heterocycles. The molecule has 0 fully saturated rings. The Morgan fingerprint density at radius 2 is 1.83 bits per heavy atom. The van der Waals surface area contributed by atoms with E-state index in [-0.39, 0.29) is 5.82 Å². The molecule has 1 aliphatic rings. The maximum absolute atomic E-state index is 6.00. The Kier molecular flexibility index (Phi) is 5.07. The third-order valence-electron chi connectivity index (χ3n) is 5.36. The van der Waals surface area contributed by atoms with E-state index in [1.54, 1.807) is 12.4 Å². The van der Waals surface area contributed by atoms with Gasteiger partial charge in [0.05, 0.1) is 11.9 Å². The topological polar surface area (TPSA) is 103 Å². The van der Waals surface area contributed by atoms with Gasteiger partial charge in [-0.2, -0.15) is 0 Å². The van der Waals surface area contributed by atoms with Gasteiger partial charge in [-0.05, 0) is 67.8 Å². The number of benzene rings is 1. The number of anilines is 2. The second-order valence-electron chi connectivity index (χ2n) is 7.70. The molecule has 1 aliphatic heterocycles. The fourth-order valence-corrected chi connectivity index (χ4v) is 3.71. The van der Waals surface area contributed by atoms with E-state index in [2.05, 4.69) is 46.0 Å². The molecule has 0 atom stereocenters. The van der Waals surface area contributed by atoms with Gasteiger partial charge in [0, 0.05) is 30.4 Å². The summed E-state index contributed by atoms with van der Waals surface area (Å²) in [4.78, 5) is 15.4. The van der Waals surface area contributed by atoms with E-state index in [0.717, 1.165) is 41.9 Å². The zero-order chi connectivity index (χ0) is 20.5. The van der Waals surface area contributed by atoms with Gasteiger partial charge in [0.25, 0.3) is 5.88 Å². The van der Waals surface area contributed by atoms with Crippen LogP contribution in [0.1, 0.15) is 27.8 Å². The highest BCUT2D eigenvalue weighted by Crippen LogP contribution is 2.30. The predicted molar refractivity (Wildman–Crippen MR) is 114 cm³/mol. The number of nitrogen functional groups attached to an aromatic ring is 2. The molecule has 0 aliphatic carbocycles. The minimum absolute atomic E-state index is 0.267. The lowest BCUT2D eigenvalue weighted by Gasteiger charge is -2.27. The Morgan fingerprint density at radius 1 is 1.03 bits per heavy atom. The number of likely N-dealkylation sites (N-methyl/N-ethyl adjacent to an activating group) is 1. The van der Waals surface area contributed by atoms with Crippen molar-refractivity contribution in [2.45, 2.75) is 33.4 Å². The van der Waals surface area contributed by atoms with Gasteiger partial charge in [-0.25, -0.2) is 15.0 Å². The summed E-state index contributed by atoms with van der Waals surface area (Å²) in [5.74, 6) is 1.11. The highest BCUT2D eigenvalue weighted by molar-refractivity contribution is 5.64. The second-order valence-corrected chi connectivity index (χ2v) is 7.70. The maximum Gasteiger partial charge on any atom is 0.258 e. The quantitative estimate of drug-likeness (QED) is 0.706. The number of hydrogen-bond acceptors (Lipinski definition) is 7. The first-order valence-electron chi connectivity index (χ1n) is 9.68. The van der Waals surface area contributed by atoms with Crippen molar-refractivity contribution in [1.82, 2.24) is 19.9 Å². The minimum Gasteiger partial charge on any atom is -0.470 e. The smallest absolute Gasteiger partial charge is 0.258 e. The average Bonchev–Trinajstić information content (AvgIpc) is 2.69. The summed E-state index contributed by atoms with van der Waals surface area (Å²) in [7, 11) is 2.15. The lowest BCUT2D eigenvalue weighted by Crippen LogP contribution is -2.27. The highest BCUT2D eigenvalue weighted by atomic mass is 16.5. The molecule has 4 N–H and O–H groups in total. The van der Waals surface area contributed by atoms with Crippen LogP contribution < -0.4 is 16.2 Å². The fourth-order valence-electron chi connectivity index (χ4n) is 3.71. The molecule has 0 unspecified atom stereocenters. The Morgan fingerprint density at radius 3 is 2.62 bits per heavy atom. The lowest BCUT2D eigenvalue weighted by atomic mass is 9.92. The highest BCUT2D eigenvalue weighted by Gasteiger charge is 2.17. The number of aryl methyl sites for hydroxylation is 2. The number of fused-ring (bicyclic) bond motifs is 1. The molecule has 7 nitrogen and oxygen atoms in total. The van der Waals surface area contributed by atoms with E-state index >= 15 is 0 Å². The molecule has 0 bridgehead atoms. The second kappa shape index (κ2) is 7.67. The number of hydrogen-bond donors (Lipinski definition) is 2. The Hall–Kier alpha value is -3.19. The molecular formula is C22H26N6O. The summed E-state index contributed by atoms with van der Waals surface area (Å²) in [6.07, 6.45) is 4.47. The number of nitrogens with two attached hydrogens (primary N) is 2. The number of rotatable bonds is 4. The molecule has 3 heterocycles. The van der Waals surface area contributed by atoms with Gasteiger partial charge in [0.2, 0.25) is 0 Å². The summed E-state index contributed by atoms with van der Waals surface area (Å²) >= 11 is 0. The fraction of sp³-hybridized carbons (Fsp3) is 0.318. The van der Waals surface area contributed by atoms with Crippen LogP contribution in [0.15, 0.2) is 30.6 Å². The molecule has 4 rings (SSSR count). The minimum atomic E-state index is 0.267. The summed E-state index contributed by atoms with van der Waals surface area (Å²) in [5, 5.41) is 0. The monoisotopic (exact) mass is 390 g/mol. The molecule has 150 valence electrons. The molecular weight excluding hydrogens is 364 g/mol. The van der Waals surface area contributed by atoms with Crippen LogP contribution in [0.25, 0.3) is 11.3 Å². The van der Waals surface area contributed by atoms with Gasteiger partial charge in [0.15, 0.2) is 5.82 Å². The number of pyridine rings is 1. The number of aromatic nitrogens is 3. The van der Waals surface area contributed by atoms with Gasteiger partial charge in [-0.15, -0.1) is 0 Å². The van der Waals surface area contributed by atoms with Crippen LogP contribution in [0.5, 0.6) is 5.88 Å². The number of ether oxygens (including phenoxy) is 1. The van der Waals surface area contributed by atoms with Crippen LogP contribution >= 0.6 is 0 Å². The lowest BCUT2D eigenvalue weighted by molar-refractivity contribution is 0.294. The Labute approximate surface area is 170 Å². The zero-order valence-corrected chi connectivity index (χ0v) is 17.1. The van der Waals surface area contributed by atoms with E-state index in [9.17, 15) is 0 Å². The summed E-state index contributed by atoms with van der Waals surface area (Å²) in [5.41, 5.74) is 19.4. The molecule has 0 spiro atoms. The Bertz CT molecular complexity index is 1070. The summed E-state index contributed by atoms with van der Waals surface area (Å²) in [6.45, 7) is 6.40. The van der Waals surface area contributed by atoms with Crippen LogP contribution in [0, 0.1) is 13.8 Å². The first-order valence-corrected chi connectivity index (χ1v) is 9.68. The van der Waals surface area contributed by atoms with Crippen LogP contribution in [0.2, 0.25) is 0 Å². The van der Waals surface area contributed by atoms with Gasteiger partial charge >= 0.3 is 0 Å². The van der Waals surface area contributed by atoms with Gasteiger partial charge < -0.3 is 21.1 Å². The van der Waals surface area contributed by atoms with E-state index in [0.29, 0.717) is 18.3 Å². The van der Waals surface area contributed by atoms with Gasteiger partial charge in [0.1, 0.15) is 12.4 Å². The molecule has 0 saturated carbocycles. The Balaban J connectivity index is 1.60. The standard InChI is InChI=1S/C22H26N6O/c1-13-7-16(8-17-11-28(3)5-4-18(13)17)19-10-26-21(24)22(27-19)29-12-15-6-14(2)20(23)25-9-15/h6-10H,4-5,11-12H2,1-3H3,(H2,23,25)(H2,24,26). The van der Waals surface area contributed by atoms with Crippen molar-refractivity contribution in [3.8, 4) is 17.1 Å². The van der Waals surface area contributed by atoms with Crippen molar-refractivity contribution in [3.05, 3.63) is 58.4 Å².